The molecule has 2 heterocycles. The standard InChI is InChI=1S/C10H15NO3S2/c12-8-9-4-1-2-6-11(9)16(13,14)10-5-3-7-15-10/h3,5,7,9,12H,1-2,4,6,8H2/t9-/m0/s1. The highest BCUT2D eigenvalue weighted by molar-refractivity contribution is 7.91. The van der Waals surface area contributed by atoms with Gasteiger partial charge in [-0.1, -0.05) is 12.5 Å². The van der Waals surface area contributed by atoms with Crippen molar-refractivity contribution in [2.75, 3.05) is 13.2 Å². The molecule has 0 amide bonds. The molecular formula is C10H15NO3S2. The maximum absolute atomic E-state index is 12.2. The molecule has 6 heteroatoms. The van der Waals surface area contributed by atoms with Gasteiger partial charge in [-0.05, 0) is 24.3 Å². The molecule has 1 N–H and O–H groups in total. The predicted octanol–water partition coefficient (Wildman–Crippen LogP) is 1.28. The smallest absolute Gasteiger partial charge is 0.252 e. The molecule has 1 saturated heterocycles. The molecule has 0 spiro atoms. The maximum atomic E-state index is 12.2. The molecule has 0 bridgehead atoms. The first kappa shape index (κ1) is 12.0. The molecule has 1 aliphatic heterocycles. The Morgan fingerprint density at radius 3 is 2.94 bits per heavy atom. The summed E-state index contributed by atoms with van der Waals surface area (Å²) in [7, 11) is -3.39. The van der Waals surface area contributed by atoms with E-state index in [1.807, 2.05) is 0 Å². The Kier molecular flexibility index (Phi) is 3.63. The van der Waals surface area contributed by atoms with Gasteiger partial charge in [-0.25, -0.2) is 8.42 Å². The SMILES string of the molecule is O=S(=O)(c1cccs1)N1CCCC[C@H]1CO. The van der Waals surface area contributed by atoms with Crippen molar-refractivity contribution in [3.05, 3.63) is 17.5 Å². The van der Waals surface area contributed by atoms with E-state index in [-0.39, 0.29) is 12.6 Å². The number of hydrogen-bond donors (Lipinski definition) is 1. The minimum absolute atomic E-state index is 0.0927. The number of nitrogens with zero attached hydrogens (tertiary/aromatic N) is 1. The Labute approximate surface area is 99.6 Å². The van der Waals surface area contributed by atoms with Gasteiger partial charge in [0.2, 0.25) is 0 Å². The number of aliphatic hydroxyl groups excluding tert-OH is 1. The van der Waals surface area contributed by atoms with Gasteiger partial charge in [0.05, 0.1) is 6.61 Å². The lowest BCUT2D eigenvalue weighted by Crippen LogP contribution is -2.45. The van der Waals surface area contributed by atoms with E-state index in [1.54, 1.807) is 17.5 Å². The van der Waals surface area contributed by atoms with Crippen LogP contribution in [0.1, 0.15) is 19.3 Å². The molecule has 1 aliphatic rings. The van der Waals surface area contributed by atoms with Gasteiger partial charge in [0.1, 0.15) is 4.21 Å². The average molecular weight is 261 g/mol. The maximum Gasteiger partial charge on any atom is 0.252 e. The van der Waals surface area contributed by atoms with Crippen molar-refractivity contribution in [1.29, 1.82) is 0 Å². The summed E-state index contributed by atoms with van der Waals surface area (Å²) in [5.74, 6) is 0. The third-order valence-corrected chi connectivity index (χ3v) is 6.17. The molecule has 0 aliphatic carbocycles. The Bertz CT molecular complexity index is 427. The van der Waals surface area contributed by atoms with E-state index >= 15 is 0 Å². The van der Waals surface area contributed by atoms with E-state index in [1.165, 1.54) is 15.6 Å². The van der Waals surface area contributed by atoms with Gasteiger partial charge in [0.25, 0.3) is 10.0 Å². The second-order valence-corrected chi connectivity index (χ2v) is 6.95. The van der Waals surface area contributed by atoms with Gasteiger partial charge < -0.3 is 5.11 Å². The summed E-state index contributed by atoms with van der Waals surface area (Å²) in [4.78, 5) is 0. The fraction of sp³-hybridized carbons (Fsp3) is 0.600. The minimum atomic E-state index is -3.39. The number of thiophene rings is 1. The van der Waals surface area contributed by atoms with Crippen molar-refractivity contribution in [2.24, 2.45) is 0 Å². The molecule has 16 heavy (non-hydrogen) atoms. The number of hydrogen-bond acceptors (Lipinski definition) is 4. The Hall–Kier alpha value is -0.430. The first-order valence-corrected chi connectivity index (χ1v) is 7.64. The highest BCUT2D eigenvalue weighted by Crippen LogP contribution is 2.27. The summed E-state index contributed by atoms with van der Waals surface area (Å²) in [5.41, 5.74) is 0. The van der Waals surface area contributed by atoms with Crippen LogP contribution >= 0.6 is 11.3 Å². The number of piperidine rings is 1. The fourth-order valence-corrected chi connectivity index (χ4v) is 4.80. The van der Waals surface area contributed by atoms with Crippen LogP contribution in [0.5, 0.6) is 0 Å². The molecule has 0 saturated carbocycles. The minimum Gasteiger partial charge on any atom is -0.395 e. The van der Waals surface area contributed by atoms with Crippen LogP contribution in [0.2, 0.25) is 0 Å². The van der Waals surface area contributed by atoms with Crippen LogP contribution in [0.3, 0.4) is 0 Å². The van der Waals surface area contributed by atoms with Crippen LogP contribution in [0.4, 0.5) is 0 Å². The summed E-state index contributed by atoms with van der Waals surface area (Å²) < 4.78 is 26.3. The van der Waals surface area contributed by atoms with Crippen molar-refractivity contribution >= 4 is 21.4 Å². The zero-order chi connectivity index (χ0) is 11.6. The first-order valence-electron chi connectivity index (χ1n) is 5.32. The van der Waals surface area contributed by atoms with E-state index in [0.29, 0.717) is 10.8 Å². The quantitative estimate of drug-likeness (QED) is 0.892. The summed E-state index contributed by atoms with van der Waals surface area (Å²) in [6.45, 7) is 0.427. The molecule has 0 radical (unpaired) electrons. The predicted molar refractivity (Wildman–Crippen MR) is 62.9 cm³/mol. The second kappa shape index (κ2) is 4.83. The summed E-state index contributed by atoms with van der Waals surface area (Å²) in [5, 5.41) is 11.0. The molecule has 1 aromatic rings. The third-order valence-electron chi connectivity index (χ3n) is 2.84. The fourth-order valence-electron chi connectivity index (χ4n) is 2.00. The highest BCUT2D eigenvalue weighted by Gasteiger charge is 2.33. The number of aliphatic hydroxyl groups is 1. The molecule has 0 unspecified atom stereocenters. The molecule has 1 aromatic heterocycles. The van der Waals surface area contributed by atoms with Crippen LogP contribution in [-0.4, -0.2) is 37.0 Å². The van der Waals surface area contributed by atoms with Crippen molar-refractivity contribution in [3.63, 3.8) is 0 Å². The van der Waals surface area contributed by atoms with Gasteiger partial charge in [-0.2, -0.15) is 4.31 Å². The van der Waals surface area contributed by atoms with Crippen molar-refractivity contribution in [3.8, 4) is 0 Å². The molecule has 1 atom stereocenters. The summed E-state index contributed by atoms with van der Waals surface area (Å²) in [6.07, 6.45) is 2.61. The monoisotopic (exact) mass is 261 g/mol. The van der Waals surface area contributed by atoms with E-state index in [4.69, 9.17) is 0 Å². The molecule has 4 nitrogen and oxygen atoms in total. The second-order valence-electron chi connectivity index (χ2n) is 3.88. The lowest BCUT2D eigenvalue weighted by atomic mass is 10.1. The summed E-state index contributed by atoms with van der Waals surface area (Å²) in [6, 6.07) is 3.10. The van der Waals surface area contributed by atoms with Gasteiger partial charge >= 0.3 is 0 Å². The third kappa shape index (κ3) is 2.15. The van der Waals surface area contributed by atoms with Crippen molar-refractivity contribution < 1.29 is 13.5 Å². The van der Waals surface area contributed by atoms with Crippen LogP contribution in [0.25, 0.3) is 0 Å². The van der Waals surface area contributed by atoms with E-state index in [2.05, 4.69) is 0 Å². The lowest BCUT2D eigenvalue weighted by molar-refractivity contribution is 0.155. The lowest BCUT2D eigenvalue weighted by Gasteiger charge is -2.32. The van der Waals surface area contributed by atoms with E-state index in [0.717, 1.165) is 19.3 Å². The average Bonchev–Trinajstić information content (AvgIpc) is 2.83. The Morgan fingerprint density at radius 2 is 2.31 bits per heavy atom. The zero-order valence-corrected chi connectivity index (χ0v) is 10.5. The molecule has 90 valence electrons. The van der Waals surface area contributed by atoms with E-state index < -0.39 is 10.0 Å². The van der Waals surface area contributed by atoms with Gasteiger partial charge in [-0.3, -0.25) is 0 Å². The van der Waals surface area contributed by atoms with Gasteiger partial charge in [-0.15, -0.1) is 11.3 Å². The van der Waals surface area contributed by atoms with Crippen LogP contribution in [0, 0.1) is 0 Å². The van der Waals surface area contributed by atoms with Gasteiger partial charge in [0.15, 0.2) is 0 Å². The Morgan fingerprint density at radius 1 is 1.50 bits per heavy atom. The number of rotatable bonds is 3. The van der Waals surface area contributed by atoms with Crippen LogP contribution < -0.4 is 0 Å². The van der Waals surface area contributed by atoms with Gasteiger partial charge in [0, 0.05) is 12.6 Å². The molecule has 2 rings (SSSR count). The van der Waals surface area contributed by atoms with Crippen molar-refractivity contribution in [2.45, 2.75) is 29.5 Å². The molecule has 1 fully saturated rings. The Balaban J connectivity index is 2.28. The summed E-state index contributed by atoms with van der Waals surface area (Å²) >= 11 is 1.22. The number of sulfonamides is 1. The normalized spacial score (nSPS) is 23.4. The molecule has 0 aromatic carbocycles. The molecular weight excluding hydrogens is 246 g/mol. The zero-order valence-electron chi connectivity index (χ0n) is 8.87. The largest absolute Gasteiger partial charge is 0.395 e. The topological polar surface area (TPSA) is 57.6 Å². The first-order chi connectivity index (χ1) is 7.66. The van der Waals surface area contributed by atoms with Crippen molar-refractivity contribution in [1.82, 2.24) is 4.31 Å². The van der Waals surface area contributed by atoms with E-state index in [9.17, 15) is 13.5 Å². The highest BCUT2D eigenvalue weighted by atomic mass is 32.2. The van der Waals surface area contributed by atoms with Crippen LogP contribution in [0.15, 0.2) is 21.7 Å². The van der Waals surface area contributed by atoms with Crippen LogP contribution in [-0.2, 0) is 10.0 Å².